The molecular weight excluding hydrogens is 228 g/mol. The van der Waals surface area contributed by atoms with E-state index in [1.54, 1.807) is 24.3 Å². The number of rotatable bonds is 3. The molecule has 1 aromatic heterocycles. The van der Waals surface area contributed by atoms with Gasteiger partial charge in [0.15, 0.2) is 5.69 Å². The van der Waals surface area contributed by atoms with Gasteiger partial charge in [-0.3, -0.25) is 0 Å². The van der Waals surface area contributed by atoms with E-state index in [9.17, 15) is 10.0 Å². The predicted octanol–water partition coefficient (Wildman–Crippen LogP) is 3.58. The van der Waals surface area contributed by atoms with Gasteiger partial charge in [0.1, 0.15) is 0 Å². The maximum atomic E-state index is 10.7. The number of allylic oxidation sites excluding steroid dienone is 1. The van der Waals surface area contributed by atoms with Crippen LogP contribution in [0.25, 0.3) is 10.9 Å². The fraction of sp³-hybridized carbons (Fsp3) is 0.0909. The minimum atomic E-state index is -0.182. The highest BCUT2D eigenvalue weighted by atomic mass is 35.5. The van der Waals surface area contributed by atoms with Crippen molar-refractivity contribution in [3.05, 3.63) is 40.8 Å². The smallest absolute Gasteiger partial charge is 0.222 e. The largest absolute Gasteiger partial charge is 0.493 e. The number of aromatic hydroxyl groups is 1. The molecule has 0 aliphatic heterocycles. The number of hydrogen-bond donors (Lipinski definition) is 1. The number of benzene rings is 1. The summed E-state index contributed by atoms with van der Waals surface area (Å²) in [5.74, 6) is -0.182. The Morgan fingerprint density at radius 2 is 2.31 bits per heavy atom. The average Bonchev–Trinajstić information content (AvgIpc) is 2.54. The molecule has 1 heterocycles. The van der Waals surface area contributed by atoms with E-state index in [1.807, 2.05) is 0 Å². The molecule has 16 heavy (non-hydrogen) atoms. The zero-order valence-corrected chi connectivity index (χ0v) is 9.11. The second kappa shape index (κ2) is 3.98. The molecule has 0 bridgehead atoms. The van der Waals surface area contributed by atoms with Gasteiger partial charge in [0.25, 0.3) is 0 Å². The molecule has 2 aromatic rings. The number of nitrogens with zero attached hydrogens (tertiary/aromatic N) is 2. The summed E-state index contributed by atoms with van der Waals surface area (Å²) in [6, 6.07) is 5.16. The number of nitroso groups, excluding NO2 is 1. The third kappa shape index (κ3) is 1.39. The Balaban J connectivity index is 2.91. The Labute approximate surface area is 96.7 Å². The molecular formula is C11H9ClN2O2. The van der Waals surface area contributed by atoms with Crippen molar-refractivity contribution in [1.82, 2.24) is 4.57 Å². The molecule has 4 nitrogen and oxygen atoms in total. The zero-order chi connectivity index (χ0) is 11.7. The van der Waals surface area contributed by atoms with Gasteiger partial charge in [0.05, 0.1) is 15.9 Å². The van der Waals surface area contributed by atoms with Crippen LogP contribution < -0.4 is 0 Å². The van der Waals surface area contributed by atoms with Crippen LogP contribution in [0.1, 0.15) is 0 Å². The van der Waals surface area contributed by atoms with Crippen LogP contribution in [0.3, 0.4) is 0 Å². The molecule has 5 heteroatoms. The molecule has 2 rings (SSSR count). The standard InChI is InChI=1S/C11H9ClN2O2/c1-2-6-14-8-5-3-4-7(12)9(8)10(13-16)11(14)15/h2-5,15H,1,6H2. The van der Waals surface area contributed by atoms with Gasteiger partial charge in [-0.25, -0.2) is 0 Å². The second-order valence-electron chi connectivity index (χ2n) is 3.30. The fourth-order valence-electron chi connectivity index (χ4n) is 1.73. The maximum Gasteiger partial charge on any atom is 0.222 e. The van der Waals surface area contributed by atoms with Crippen molar-refractivity contribution in [3.8, 4) is 5.88 Å². The number of fused-ring (bicyclic) bond motifs is 1. The molecule has 0 radical (unpaired) electrons. The van der Waals surface area contributed by atoms with Crippen LogP contribution in [0.5, 0.6) is 5.88 Å². The van der Waals surface area contributed by atoms with Crippen LogP contribution in [-0.2, 0) is 6.54 Å². The predicted molar refractivity (Wildman–Crippen MR) is 64.3 cm³/mol. The lowest BCUT2D eigenvalue weighted by Crippen LogP contribution is -1.92. The first-order valence-electron chi connectivity index (χ1n) is 4.64. The number of halogens is 1. The molecule has 0 saturated carbocycles. The lowest BCUT2D eigenvalue weighted by Gasteiger charge is -2.02. The summed E-state index contributed by atoms with van der Waals surface area (Å²) < 4.78 is 1.53. The summed E-state index contributed by atoms with van der Waals surface area (Å²) in [6.45, 7) is 3.97. The third-order valence-electron chi connectivity index (χ3n) is 2.39. The Bertz CT molecular complexity index is 575. The van der Waals surface area contributed by atoms with Crippen molar-refractivity contribution in [2.45, 2.75) is 6.54 Å². The molecule has 0 saturated heterocycles. The molecule has 0 atom stereocenters. The van der Waals surface area contributed by atoms with Crippen molar-refractivity contribution >= 4 is 28.2 Å². The highest BCUT2D eigenvalue weighted by molar-refractivity contribution is 6.36. The SMILES string of the molecule is C=CCn1c(O)c(N=O)c2c(Cl)cccc21. The van der Waals surface area contributed by atoms with Crippen LogP contribution in [0.4, 0.5) is 5.69 Å². The van der Waals surface area contributed by atoms with E-state index >= 15 is 0 Å². The van der Waals surface area contributed by atoms with E-state index in [1.165, 1.54) is 4.57 Å². The van der Waals surface area contributed by atoms with Crippen LogP contribution in [-0.4, -0.2) is 9.67 Å². The molecule has 0 amide bonds. The lowest BCUT2D eigenvalue weighted by atomic mass is 10.2. The quantitative estimate of drug-likeness (QED) is 0.654. The monoisotopic (exact) mass is 236 g/mol. The van der Waals surface area contributed by atoms with E-state index < -0.39 is 0 Å². The normalized spacial score (nSPS) is 10.6. The van der Waals surface area contributed by atoms with E-state index in [4.69, 9.17) is 11.6 Å². The van der Waals surface area contributed by atoms with Gasteiger partial charge in [0, 0.05) is 6.54 Å². The first-order chi connectivity index (χ1) is 7.70. The molecule has 1 aromatic carbocycles. The summed E-state index contributed by atoms with van der Waals surface area (Å²) in [5.41, 5.74) is 0.641. The molecule has 0 aliphatic carbocycles. The van der Waals surface area contributed by atoms with Crippen molar-refractivity contribution in [1.29, 1.82) is 0 Å². The summed E-state index contributed by atoms with van der Waals surface area (Å²) >= 11 is 5.98. The first kappa shape index (κ1) is 10.7. The number of aromatic nitrogens is 1. The van der Waals surface area contributed by atoms with Gasteiger partial charge in [-0.15, -0.1) is 11.5 Å². The topological polar surface area (TPSA) is 54.6 Å². The molecule has 1 N–H and O–H groups in total. The van der Waals surface area contributed by atoms with Crippen molar-refractivity contribution in [2.24, 2.45) is 5.18 Å². The van der Waals surface area contributed by atoms with E-state index in [0.29, 0.717) is 22.5 Å². The van der Waals surface area contributed by atoms with Crippen LogP contribution >= 0.6 is 11.6 Å². The highest BCUT2D eigenvalue weighted by Gasteiger charge is 2.18. The van der Waals surface area contributed by atoms with E-state index in [-0.39, 0.29) is 11.6 Å². The lowest BCUT2D eigenvalue weighted by molar-refractivity contribution is 0.431. The van der Waals surface area contributed by atoms with Crippen LogP contribution in [0, 0.1) is 4.91 Å². The van der Waals surface area contributed by atoms with Crippen molar-refractivity contribution < 1.29 is 5.11 Å². The third-order valence-corrected chi connectivity index (χ3v) is 2.70. The van der Waals surface area contributed by atoms with Crippen molar-refractivity contribution in [2.75, 3.05) is 0 Å². The van der Waals surface area contributed by atoms with Crippen LogP contribution in [0.2, 0.25) is 5.02 Å². The van der Waals surface area contributed by atoms with E-state index in [2.05, 4.69) is 11.8 Å². The van der Waals surface area contributed by atoms with E-state index in [0.717, 1.165) is 0 Å². The fourth-order valence-corrected chi connectivity index (χ4v) is 1.99. The number of hydrogen-bond acceptors (Lipinski definition) is 3. The van der Waals surface area contributed by atoms with Gasteiger partial charge in [-0.1, -0.05) is 23.7 Å². The molecule has 0 unspecified atom stereocenters. The Kier molecular flexibility index (Phi) is 2.66. The summed E-state index contributed by atoms with van der Waals surface area (Å²) in [4.78, 5) is 10.7. The highest BCUT2D eigenvalue weighted by Crippen LogP contribution is 2.41. The van der Waals surface area contributed by atoms with Gasteiger partial charge in [-0.2, -0.15) is 0 Å². The minimum absolute atomic E-state index is 0.0255. The first-order valence-corrected chi connectivity index (χ1v) is 5.02. The van der Waals surface area contributed by atoms with Crippen LogP contribution in [0.15, 0.2) is 36.0 Å². The molecule has 0 fully saturated rings. The Morgan fingerprint density at radius 3 is 2.94 bits per heavy atom. The minimum Gasteiger partial charge on any atom is -0.493 e. The van der Waals surface area contributed by atoms with Crippen molar-refractivity contribution in [3.63, 3.8) is 0 Å². The van der Waals surface area contributed by atoms with Gasteiger partial charge >= 0.3 is 0 Å². The summed E-state index contributed by atoms with van der Waals surface area (Å²) in [6.07, 6.45) is 1.62. The Hall–Kier alpha value is -1.81. The maximum absolute atomic E-state index is 10.7. The molecule has 0 aliphatic rings. The van der Waals surface area contributed by atoms with Gasteiger partial charge in [-0.05, 0) is 17.3 Å². The van der Waals surface area contributed by atoms with Gasteiger partial charge < -0.3 is 9.67 Å². The molecule has 0 spiro atoms. The average molecular weight is 237 g/mol. The Morgan fingerprint density at radius 1 is 1.56 bits per heavy atom. The molecule has 82 valence electrons. The summed E-state index contributed by atoms with van der Waals surface area (Å²) in [5, 5.41) is 13.5. The van der Waals surface area contributed by atoms with Gasteiger partial charge in [0.2, 0.25) is 5.88 Å². The summed E-state index contributed by atoms with van der Waals surface area (Å²) in [7, 11) is 0. The zero-order valence-electron chi connectivity index (χ0n) is 8.35. The second-order valence-corrected chi connectivity index (χ2v) is 3.70.